The van der Waals surface area contributed by atoms with Crippen molar-refractivity contribution in [3.63, 3.8) is 0 Å². The number of aromatic nitrogens is 2. The number of para-hydroxylation sites is 1. The van der Waals surface area contributed by atoms with Crippen LogP contribution in [0.1, 0.15) is 0 Å². The SMILES string of the molecule is CN1C=C2OB(c3ccccc3)c3ccc(Oc4[c-]c5c(cc4)c4ccccc4n5-c4ccccn4)[c-]c3N2[CH-]1.[Pt]. The average molecular weight is 712 g/mol. The number of hydrogen-bond acceptors (Lipinski definition) is 5. The molecule has 202 valence electrons. The van der Waals surface area contributed by atoms with Gasteiger partial charge in [-0.15, -0.1) is 41.8 Å². The largest absolute Gasteiger partial charge is 0.553 e. The summed E-state index contributed by atoms with van der Waals surface area (Å²) in [7, 11) is 1.98. The zero-order chi connectivity index (χ0) is 26.6. The van der Waals surface area contributed by atoms with Crippen molar-refractivity contribution in [2.24, 2.45) is 0 Å². The van der Waals surface area contributed by atoms with Crippen molar-refractivity contribution in [1.29, 1.82) is 0 Å². The van der Waals surface area contributed by atoms with Gasteiger partial charge in [-0.1, -0.05) is 65.8 Å². The first-order valence-electron chi connectivity index (χ1n) is 13.1. The van der Waals surface area contributed by atoms with Crippen molar-refractivity contribution in [3.05, 3.63) is 134 Å². The first-order chi connectivity index (χ1) is 19.7. The number of benzene rings is 4. The van der Waals surface area contributed by atoms with E-state index in [0.717, 1.165) is 50.1 Å². The van der Waals surface area contributed by atoms with Gasteiger partial charge in [0.2, 0.25) is 0 Å². The normalized spacial score (nSPS) is 13.9. The monoisotopic (exact) mass is 712 g/mol. The fourth-order valence-electron chi connectivity index (χ4n) is 5.55. The summed E-state index contributed by atoms with van der Waals surface area (Å²) in [6.45, 7) is 1.75. The maximum absolute atomic E-state index is 6.42. The molecule has 0 aliphatic carbocycles. The van der Waals surface area contributed by atoms with Crippen LogP contribution < -0.4 is 20.6 Å². The van der Waals surface area contributed by atoms with Crippen molar-refractivity contribution in [2.75, 3.05) is 11.9 Å². The summed E-state index contributed by atoms with van der Waals surface area (Å²) in [6, 6.07) is 39.6. The van der Waals surface area contributed by atoms with E-state index in [-0.39, 0.29) is 28.0 Å². The fourth-order valence-corrected chi connectivity index (χ4v) is 5.55. The van der Waals surface area contributed by atoms with Gasteiger partial charge in [-0.05, 0) is 36.1 Å². The van der Waals surface area contributed by atoms with Crippen LogP contribution in [0.2, 0.25) is 0 Å². The molecule has 0 radical (unpaired) electrons. The topological polar surface area (TPSA) is 42.8 Å². The molecule has 2 aromatic heterocycles. The summed E-state index contributed by atoms with van der Waals surface area (Å²) in [5.41, 5.74) is 4.99. The Hall–Kier alpha value is -4.48. The van der Waals surface area contributed by atoms with Gasteiger partial charge >= 0.3 is 6.92 Å². The Morgan fingerprint density at radius 2 is 1.61 bits per heavy atom. The van der Waals surface area contributed by atoms with Gasteiger partial charge in [0.05, 0.1) is 0 Å². The van der Waals surface area contributed by atoms with Gasteiger partial charge < -0.3 is 23.8 Å². The summed E-state index contributed by atoms with van der Waals surface area (Å²) >= 11 is 0. The summed E-state index contributed by atoms with van der Waals surface area (Å²) in [5, 5.41) is 2.24. The van der Waals surface area contributed by atoms with Crippen LogP contribution in [0.15, 0.2) is 115 Å². The molecular weight excluding hydrogens is 690 g/mol. The number of anilines is 1. The third-order valence-electron chi connectivity index (χ3n) is 7.30. The molecule has 0 atom stereocenters. The summed E-state index contributed by atoms with van der Waals surface area (Å²) in [6.07, 6.45) is 3.78. The van der Waals surface area contributed by atoms with E-state index < -0.39 is 0 Å². The van der Waals surface area contributed by atoms with Gasteiger partial charge in [0, 0.05) is 50.5 Å². The Morgan fingerprint density at radius 3 is 2.46 bits per heavy atom. The minimum atomic E-state index is -0.235. The maximum Gasteiger partial charge on any atom is 0.359 e. The molecule has 0 bridgehead atoms. The number of hydrogen-bond donors (Lipinski definition) is 0. The van der Waals surface area contributed by atoms with Gasteiger partial charge in [-0.3, -0.25) is 0 Å². The Balaban J connectivity index is 0.00000276. The van der Waals surface area contributed by atoms with Gasteiger partial charge in [0.15, 0.2) is 5.88 Å². The van der Waals surface area contributed by atoms with Gasteiger partial charge in [-0.25, -0.2) is 4.98 Å². The molecule has 4 aromatic carbocycles. The smallest absolute Gasteiger partial charge is 0.359 e. The molecule has 0 saturated heterocycles. The van der Waals surface area contributed by atoms with Crippen molar-refractivity contribution in [2.45, 2.75) is 0 Å². The van der Waals surface area contributed by atoms with Crippen molar-refractivity contribution < 1.29 is 30.5 Å². The third kappa shape index (κ3) is 4.28. The zero-order valence-corrected chi connectivity index (χ0v) is 24.2. The molecule has 41 heavy (non-hydrogen) atoms. The number of fused-ring (bicyclic) bond motifs is 6. The first kappa shape index (κ1) is 25.5. The predicted molar refractivity (Wildman–Crippen MR) is 158 cm³/mol. The number of rotatable bonds is 4. The molecule has 2 aliphatic heterocycles. The van der Waals surface area contributed by atoms with Gasteiger partial charge in [0.1, 0.15) is 5.82 Å². The number of nitrogens with zero attached hydrogens (tertiary/aromatic N) is 4. The van der Waals surface area contributed by atoms with Crippen LogP contribution in [-0.2, 0) is 25.7 Å². The molecule has 8 heteroatoms. The van der Waals surface area contributed by atoms with Crippen molar-refractivity contribution in [3.8, 4) is 17.3 Å². The Labute approximate surface area is 252 Å². The van der Waals surface area contributed by atoms with Crippen LogP contribution in [0.25, 0.3) is 27.6 Å². The molecular formula is C33H22BN4O2Pt-3. The fraction of sp³-hybridized carbons (Fsp3) is 0.0303. The second-order valence-corrected chi connectivity index (χ2v) is 9.88. The third-order valence-corrected chi connectivity index (χ3v) is 7.30. The summed E-state index contributed by atoms with van der Waals surface area (Å²) < 4.78 is 14.9. The van der Waals surface area contributed by atoms with E-state index in [1.165, 1.54) is 0 Å². The molecule has 0 fully saturated rings. The van der Waals surface area contributed by atoms with Gasteiger partial charge in [-0.2, -0.15) is 12.1 Å². The molecule has 4 heterocycles. The molecule has 0 amide bonds. The second-order valence-electron chi connectivity index (χ2n) is 9.88. The Bertz CT molecular complexity index is 1930. The standard InChI is InChI=1S/C33H22BN4O2.Pt/c1-36-21-33-37(22-36)31-20-25(15-17-28(31)34(40-33)23-9-3-2-4-10-23)39-24-14-16-27-26-11-5-6-12-29(26)38(30(27)19-24)32-13-7-8-18-35-32;/h2-18,21-22H,1H3;/q-3;. The number of pyridine rings is 1. The molecule has 0 spiro atoms. The van der Waals surface area contributed by atoms with E-state index in [0.29, 0.717) is 11.5 Å². The Kier molecular flexibility index (Phi) is 6.32. The molecule has 8 rings (SSSR count). The van der Waals surface area contributed by atoms with E-state index in [1.807, 2.05) is 84.3 Å². The molecule has 0 N–H and O–H groups in total. The van der Waals surface area contributed by atoms with Crippen LogP contribution >= 0.6 is 0 Å². The van der Waals surface area contributed by atoms with Crippen LogP contribution in [0.5, 0.6) is 11.5 Å². The quantitative estimate of drug-likeness (QED) is 0.182. The van der Waals surface area contributed by atoms with Crippen LogP contribution in [0, 0.1) is 18.8 Å². The van der Waals surface area contributed by atoms with E-state index in [2.05, 4.69) is 64.1 Å². The van der Waals surface area contributed by atoms with Crippen molar-refractivity contribution in [1.82, 2.24) is 14.5 Å². The first-order valence-corrected chi connectivity index (χ1v) is 13.1. The maximum atomic E-state index is 6.42. The molecule has 2 aliphatic rings. The number of ether oxygens (including phenoxy) is 1. The van der Waals surface area contributed by atoms with Crippen LogP contribution in [0.3, 0.4) is 0 Å². The molecule has 6 aromatic rings. The molecule has 0 saturated carbocycles. The van der Waals surface area contributed by atoms with Crippen LogP contribution in [0.4, 0.5) is 5.69 Å². The average Bonchev–Trinajstić information content (AvgIpc) is 3.54. The van der Waals surface area contributed by atoms with E-state index in [9.17, 15) is 0 Å². The van der Waals surface area contributed by atoms with E-state index >= 15 is 0 Å². The van der Waals surface area contributed by atoms with Gasteiger partial charge in [0.25, 0.3) is 0 Å². The summed E-state index contributed by atoms with van der Waals surface area (Å²) in [4.78, 5) is 8.60. The zero-order valence-electron chi connectivity index (χ0n) is 22.0. The minimum Gasteiger partial charge on any atom is -0.553 e. The molecule has 6 nitrogen and oxygen atoms in total. The molecule has 0 unspecified atom stereocenters. The van der Waals surface area contributed by atoms with E-state index in [4.69, 9.17) is 9.39 Å². The van der Waals surface area contributed by atoms with Crippen LogP contribution in [-0.4, -0.2) is 28.4 Å². The minimum absolute atomic E-state index is 0. The second kappa shape index (κ2) is 10.2. The van der Waals surface area contributed by atoms with Crippen molar-refractivity contribution >= 4 is 45.3 Å². The van der Waals surface area contributed by atoms with E-state index in [1.54, 1.807) is 6.20 Å². The Morgan fingerprint density at radius 1 is 0.829 bits per heavy atom. The predicted octanol–water partition coefficient (Wildman–Crippen LogP) is 5.37. The summed E-state index contributed by atoms with van der Waals surface area (Å²) in [5.74, 6) is 2.80.